The van der Waals surface area contributed by atoms with Crippen LogP contribution in [0, 0.1) is 17.3 Å². The quantitative estimate of drug-likeness (QED) is 0.784. The lowest BCUT2D eigenvalue weighted by Crippen LogP contribution is -2.38. The van der Waals surface area contributed by atoms with Crippen LogP contribution in [0.15, 0.2) is 24.3 Å². The Hall–Kier alpha value is -1.59. The highest BCUT2D eigenvalue weighted by Crippen LogP contribution is 2.45. The van der Waals surface area contributed by atoms with Gasteiger partial charge in [0.1, 0.15) is 5.75 Å². The van der Waals surface area contributed by atoms with E-state index in [-0.39, 0.29) is 11.3 Å². The maximum atomic E-state index is 13.0. The fourth-order valence-corrected chi connectivity index (χ4v) is 4.85. The molecule has 2 heterocycles. The fraction of sp³-hybridized carbons (Fsp3) is 0.667. The van der Waals surface area contributed by atoms with E-state index in [1.165, 1.54) is 19.4 Å². The van der Waals surface area contributed by atoms with Crippen molar-refractivity contribution in [1.82, 2.24) is 9.80 Å². The number of hydrogen-bond donors (Lipinski definition) is 0. The summed E-state index contributed by atoms with van der Waals surface area (Å²) in [6.45, 7) is 5.94. The number of rotatable bonds is 6. The first-order valence-electron chi connectivity index (χ1n) is 9.78. The molecule has 5 nitrogen and oxygen atoms in total. The zero-order chi connectivity index (χ0) is 18.1. The van der Waals surface area contributed by atoms with Gasteiger partial charge in [0.25, 0.3) is 5.91 Å². The Morgan fingerprint density at radius 3 is 2.85 bits per heavy atom. The maximum absolute atomic E-state index is 13.0. The van der Waals surface area contributed by atoms with Gasteiger partial charge in [-0.1, -0.05) is 6.07 Å². The number of methoxy groups -OCH3 is 2. The van der Waals surface area contributed by atoms with Crippen molar-refractivity contribution in [2.75, 3.05) is 53.6 Å². The summed E-state index contributed by atoms with van der Waals surface area (Å²) >= 11 is 0. The molecular formula is C21H30N2O3. The van der Waals surface area contributed by atoms with E-state index in [0.717, 1.165) is 56.4 Å². The van der Waals surface area contributed by atoms with Crippen LogP contribution in [0.3, 0.4) is 0 Å². The lowest BCUT2D eigenvalue weighted by molar-refractivity contribution is 0.0715. The predicted octanol–water partition coefficient (Wildman–Crippen LogP) is 2.52. The van der Waals surface area contributed by atoms with E-state index in [1.807, 2.05) is 29.2 Å². The van der Waals surface area contributed by atoms with E-state index in [9.17, 15) is 4.79 Å². The molecule has 0 unspecified atom stereocenters. The summed E-state index contributed by atoms with van der Waals surface area (Å²) in [5.74, 6) is 2.29. The van der Waals surface area contributed by atoms with E-state index >= 15 is 0 Å². The van der Waals surface area contributed by atoms with Gasteiger partial charge in [0.05, 0.1) is 13.7 Å². The molecule has 3 aliphatic rings. The van der Waals surface area contributed by atoms with Crippen LogP contribution in [-0.4, -0.2) is 69.3 Å². The molecule has 1 saturated carbocycles. The van der Waals surface area contributed by atoms with Crippen molar-refractivity contribution in [1.29, 1.82) is 0 Å². The fourth-order valence-electron chi connectivity index (χ4n) is 4.85. The van der Waals surface area contributed by atoms with Crippen LogP contribution < -0.4 is 4.74 Å². The van der Waals surface area contributed by atoms with Gasteiger partial charge >= 0.3 is 0 Å². The van der Waals surface area contributed by atoms with E-state index in [2.05, 4.69) is 4.90 Å². The summed E-state index contributed by atoms with van der Waals surface area (Å²) in [6.07, 6.45) is 3.86. The molecule has 4 rings (SSSR count). The first-order valence-corrected chi connectivity index (χ1v) is 9.78. The smallest absolute Gasteiger partial charge is 0.254 e. The van der Waals surface area contributed by atoms with Crippen LogP contribution in [-0.2, 0) is 4.74 Å². The van der Waals surface area contributed by atoms with Gasteiger partial charge in [0, 0.05) is 56.7 Å². The summed E-state index contributed by atoms with van der Waals surface area (Å²) in [5, 5.41) is 0. The molecule has 1 aromatic carbocycles. The normalized spacial score (nSPS) is 28.8. The molecule has 2 saturated heterocycles. The molecule has 26 heavy (non-hydrogen) atoms. The topological polar surface area (TPSA) is 42.0 Å². The largest absolute Gasteiger partial charge is 0.497 e. The Morgan fingerprint density at radius 1 is 1.27 bits per heavy atom. The molecule has 0 aromatic heterocycles. The number of ether oxygens (including phenoxy) is 2. The van der Waals surface area contributed by atoms with Crippen LogP contribution >= 0.6 is 0 Å². The minimum Gasteiger partial charge on any atom is -0.497 e. The molecule has 2 aliphatic heterocycles. The summed E-state index contributed by atoms with van der Waals surface area (Å²) < 4.78 is 10.8. The Balaban J connectivity index is 1.47. The molecule has 0 radical (unpaired) electrons. The van der Waals surface area contributed by atoms with Crippen molar-refractivity contribution < 1.29 is 14.3 Å². The highest BCUT2D eigenvalue weighted by atomic mass is 16.5. The second-order valence-corrected chi connectivity index (χ2v) is 8.36. The van der Waals surface area contributed by atoms with Gasteiger partial charge in [0.2, 0.25) is 0 Å². The predicted molar refractivity (Wildman–Crippen MR) is 100 cm³/mol. The average Bonchev–Trinajstić information content (AvgIpc) is 3.27. The minimum absolute atomic E-state index is 0.123. The number of benzene rings is 1. The molecular weight excluding hydrogens is 328 g/mol. The molecule has 1 amide bonds. The second kappa shape index (κ2) is 7.20. The number of carbonyl (C=O) groups excluding carboxylic acids is 1. The number of amides is 1. The van der Waals surface area contributed by atoms with Crippen LogP contribution in [0.5, 0.6) is 5.75 Å². The third-order valence-corrected chi connectivity index (χ3v) is 6.45. The highest BCUT2D eigenvalue weighted by molar-refractivity contribution is 5.94. The Bertz CT molecular complexity index is 660. The molecule has 0 bridgehead atoms. The average molecular weight is 358 g/mol. The monoisotopic (exact) mass is 358 g/mol. The Morgan fingerprint density at radius 2 is 2.12 bits per heavy atom. The van der Waals surface area contributed by atoms with Crippen molar-refractivity contribution >= 4 is 5.91 Å². The molecule has 1 aliphatic carbocycles. The van der Waals surface area contributed by atoms with Crippen molar-refractivity contribution in [2.45, 2.75) is 19.3 Å². The zero-order valence-electron chi connectivity index (χ0n) is 15.9. The van der Waals surface area contributed by atoms with Crippen molar-refractivity contribution in [2.24, 2.45) is 17.3 Å². The van der Waals surface area contributed by atoms with E-state index in [0.29, 0.717) is 5.92 Å². The van der Waals surface area contributed by atoms with Crippen LogP contribution in [0.4, 0.5) is 0 Å². The highest BCUT2D eigenvalue weighted by Gasteiger charge is 2.51. The van der Waals surface area contributed by atoms with E-state index < -0.39 is 0 Å². The third-order valence-electron chi connectivity index (χ3n) is 6.45. The van der Waals surface area contributed by atoms with Gasteiger partial charge < -0.3 is 19.3 Å². The summed E-state index contributed by atoms with van der Waals surface area (Å²) in [7, 11) is 3.43. The molecule has 2 atom stereocenters. The van der Waals surface area contributed by atoms with Crippen molar-refractivity contribution in [3.8, 4) is 5.75 Å². The first kappa shape index (κ1) is 17.8. The third kappa shape index (κ3) is 3.47. The number of likely N-dealkylation sites (tertiary alicyclic amines) is 2. The molecule has 5 heteroatoms. The summed E-state index contributed by atoms with van der Waals surface area (Å²) in [5.41, 5.74) is 0.914. The number of hydrogen-bond acceptors (Lipinski definition) is 4. The van der Waals surface area contributed by atoms with Gasteiger partial charge in [0.15, 0.2) is 0 Å². The molecule has 1 aromatic rings. The van der Waals surface area contributed by atoms with E-state index in [4.69, 9.17) is 9.47 Å². The molecule has 3 fully saturated rings. The van der Waals surface area contributed by atoms with E-state index in [1.54, 1.807) is 14.2 Å². The van der Waals surface area contributed by atoms with Crippen molar-refractivity contribution in [3.05, 3.63) is 29.8 Å². The molecule has 0 N–H and O–H groups in total. The summed E-state index contributed by atoms with van der Waals surface area (Å²) in [6, 6.07) is 7.49. The maximum Gasteiger partial charge on any atom is 0.254 e. The van der Waals surface area contributed by atoms with Gasteiger partial charge in [-0.05, 0) is 43.4 Å². The van der Waals surface area contributed by atoms with Crippen LogP contribution in [0.2, 0.25) is 0 Å². The zero-order valence-corrected chi connectivity index (χ0v) is 15.9. The Labute approximate surface area is 156 Å². The summed E-state index contributed by atoms with van der Waals surface area (Å²) in [4.78, 5) is 17.7. The lowest BCUT2D eigenvalue weighted by atomic mass is 9.77. The molecule has 142 valence electrons. The van der Waals surface area contributed by atoms with Gasteiger partial charge in [-0.15, -0.1) is 0 Å². The van der Waals surface area contributed by atoms with Crippen LogP contribution in [0.25, 0.3) is 0 Å². The lowest BCUT2D eigenvalue weighted by Gasteiger charge is -2.30. The van der Waals surface area contributed by atoms with Crippen molar-refractivity contribution in [3.63, 3.8) is 0 Å². The second-order valence-electron chi connectivity index (χ2n) is 8.36. The SMILES string of the molecule is COC[C@H]1CN(CC2CC2)C[C@]12CCN(C(=O)c1cccc(OC)c1)C2. The van der Waals surface area contributed by atoms with Gasteiger partial charge in [-0.3, -0.25) is 4.79 Å². The van der Waals surface area contributed by atoms with Gasteiger partial charge in [-0.2, -0.15) is 0 Å². The van der Waals surface area contributed by atoms with Crippen LogP contribution in [0.1, 0.15) is 29.6 Å². The standard InChI is InChI=1S/C21H30N2O3/c1-25-13-18-12-22(11-16-6-7-16)14-21(18)8-9-23(15-21)20(24)17-4-3-5-19(10-17)26-2/h3-5,10,16,18H,6-9,11-15H2,1-2H3/t18-,21+/m1/s1. The van der Waals surface area contributed by atoms with Gasteiger partial charge in [-0.25, -0.2) is 0 Å². The minimum atomic E-state index is 0.123. The first-order chi connectivity index (χ1) is 12.6. The number of nitrogens with zero attached hydrogens (tertiary/aromatic N) is 2. The Kier molecular flexibility index (Phi) is 4.93. The number of carbonyl (C=O) groups is 1. The molecule has 1 spiro atoms.